The topological polar surface area (TPSA) is 43.4 Å². The molecule has 0 aromatic heterocycles. The predicted octanol–water partition coefficient (Wildman–Crippen LogP) is 3.53. The molecule has 0 amide bonds. The summed E-state index contributed by atoms with van der Waals surface area (Å²) in [6, 6.07) is 4.42. The number of carbonyl (C=O) groups is 2. The summed E-state index contributed by atoms with van der Waals surface area (Å²) in [6.07, 6.45) is 4.78. The van der Waals surface area contributed by atoms with Crippen LogP contribution in [0.25, 0.3) is 0 Å². The fourth-order valence-electron chi connectivity index (χ4n) is 3.93. The van der Waals surface area contributed by atoms with Crippen molar-refractivity contribution in [2.45, 2.75) is 57.0 Å². The van der Waals surface area contributed by atoms with Gasteiger partial charge in [-0.05, 0) is 49.3 Å². The van der Waals surface area contributed by atoms with Crippen molar-refractivity contribution in [3.63, 3.8) is 0 Å². The highest BCUT2D eigenvalue weighted by molar-refractivity contribution is 5.98. The Bertz CT molecular complexity index is 584. The molecular formula is C18H19F2O3. The molecule has 1 saturated carbocycles. The van der Waals surface area contributed by atoms with Gasteiger partial charge in [0.05, 0.1) is 6.07 Å². The van der Waals surface area contributed by atoms with E-state index in [1.807, 2.05) is 6.07 Å². The second-order valence-corrected chi connectivity index (χ2v) is 6.60. The van der Waals surface area contributed by atoms with E-state index >= 15 is 0 Å². The van der Waals surface area contributed by atoms with Crippen LogP contribution in [0.3, 0.4) is 0 Å². The van der Waals surface area contributed by atoms with Crippen LogP contribution < -0.4 is 0 Å². The quantitative estimate of drug-likeness (QED) is 0.629. The lowest BCUT2D eigenvalue weighted by molar-refractivity contribution is -0.178. The maximum atomic E-state index is 13.3. The summed E-state index contributed by atoms with van der Waals surface area (Å²) in [5.41, 5.74) is -0.319. The molecular weight excluding hydrogens is 302 g/mol. The zero-order valence-electron chi connectivity index (χ0n) is 12.9. The van der Waals surface area contributed by atoms with Crippen molar-refractivity contribution in [2.75, 3.05) is 0 Å². The molecule has 0 bridgehead atoms. The maximum absolute atomic E-state index is 13.3. The van der Waals surface area contributed by atoms with E-state index in [-0.39, 0.29) is 24.5 Å². The Hall–Kier alpha value is -1.78. The number of cyclic esters (lactones) is 1. The van der Waals surface area contributed by atoms with Crippen molar-refractivity contribution >= 4 is 11.8 Å². The number of hydrogen-bond acceptors (Lipinski definition) is 3. The predicted molar refractivity (Wildman–Crippen MR) is 78.5 cm³/mol. The second-order valence-electron chi connectivity index (χ2n) is 6.60. The van der Waals surface area contributed by atoms with Gasteiger partial charge in [0.2, 0.25) is 0 Å². The number of esters is 1. The molecule has 1 heterocycles. The normalized spacial score (nSPS) is 25.7. The minimum atomic E-state index is -0.810. The number of benzene rings is 1. The van der Waals surface area contributed by atoms with Gasteiger partial charge in [-0.2, -0.15) is 0 Å². The van der Waals surface area contributed by atoms with Gasteiger partial charge in [-0.15, -0.1) is 0 Å². The highest BCUT2D eigenvalue weighted by atomic mass is 19.1. The van der Waals surface area contributed by atoms with Crippen LogP contribution >= 0.6 is 0 Å². The summed E-state index contributed by atoms with van der Waals surface area (Å²) >= 11 is 0. The number of aryl methyl sites for hydroxylation is 1. The van der Waals surface area contributed by atoms with Gasteiger partial charge in [-0.1, -0.05) is 12.8 Å². The van der Waals surface area contributed by atoms with E-state index in [1.165, 1.54) is 12.1 Å². The van der Waals surface area contributed by atoms with E-state index in [9.17, 15) is 18.4 Å². The van der Waals surface area contributed by atoms with E-state index < -0.39 is 23.2 Å². The average Bonchev–Trinajstić information content (AvgIpc) is 2.98. The molecule has 23 heavy (non-hydrogen) atoms. The minimum absolute atomic E-state index is 0.105. The lowest BCUT2D eigenvalue weighted by Gasteiger charge is -2.41. The summed E-state index contributed by atoms with van der Waals surface area (Å²) in [5.74, 6) is -1.92. The summed E-state index contributed by atoms with van der Waals surface area (Å²) in [4.78, 5) is 23.7. The number of ether oxygens (including phenoxy) is 1. The molecule has 1 aromatic carbocycles. The van der Waals surface area contributed by atoms with Gasteiger partial charge in [0.15, 0.2) is 0 Å². The molecule has 0 spiro atoms. The SMILES string of the molecule is O=C1CC(=O)OC(CCc2cc(F)[c]c(F)c2)(C2CCCC2)C1. The number of hydrogen-bond donors (Lipinski definition) is 0. The van der Waals surface area contributed by atoms with Gasteiger partial charge in [-0.3, -0.25) is 9.59 Å². The number of Topliss-reactive ketones (excluding diaryl/α,β-unsaturated/α-hetero) is 1. The first-order valence-corrected chi connectivity index (χ1v) is 8.08. The van der Waals surface area contributed by atoms with Crippen molar-refractivity contribution in [2.24, 2.45) is 5.92 Å². The van der Waals surface area contributed by atoms with Crippen LogP contribution in [0, 0.1) is 23.6 Å². The smallest absolute Gasteiger partial charge is 0.313 e. The third kappa shape index (κ3) is 3.59. The molecule has 5 heteroatoms. The fraction of sp³-hybridized carbons (Fsp3) is 0.556. The molecule has 1 radical (unpaired) electrons. The molecule has 123 valence electrons. The van der Waals surface area contributed by atoms with E-state index in [0.717, 1.165) is 25.7 Å². The van der Waals surface area contributed by atoms with Gasteiger partial charge in [0.1, 0.15) is 29.4 Å². The van der Waals surface area contributed by atoms with Crippen LogP contribution in [0.1, 0.15) is 50.5 Å². The van der Waals surface area contributed by atoms with Gasteiger partial charge in [0.25, 0.3) is 0 Å². The zero-order valence-corrected chi connectivity index (χ0v) is 12.9. The fourth-order valence-corrected chi connectivity index (χ4v) is 3.93. The van der Waals surface area contributed by atoms with E-state index in [2.05, 4.69) is 0 Å². The standard InChI is InChI=1S/C18H19F2O3/c19-14-7-12(8-15(20)9-14)5-6-18(13-3-1-2-4-13)11-16(21)10-17(22)23-18/h7-8,13H,1-6,10-11H2. The maximum Gasteiger partial charge on any atom is 0.313 e. The summed E-state index contributed by atoms with van der Waals surface area (Å²) in [7, 11) is 0. The van der Waals surface area contributed by atoms with E-state index in [1.54, 1.807) is 0 Å². The van der Waals surface area contributed by atoms with Crippen LogP contribution in [-0.4, -0.2) is 17.4 Å². The van der Waals surface area contributed by atoms with Gasteiger partial charge in [-0.25, -0.2) is 8.78 Å². The van der Waals surface area contributed by atoms with E-state index in [4.69, 9.17) is 4.74 Å². The van der Waals surface area contributed by atoms with Gasteiger partial charge >= 0.3 is 5.97 Å². The van der Waals surface area contributed by atoms with Gasteiger partial charge < -0.3 is 4.74 Å². The van der Waals surface area contributed by atoms with E-state index in [0.29, 0.717) is 18.4 Å². The molecule has 2 aliphatic rings. The van der Waals surface area contributed by atoms with Crippen LogP contribution in [0.2, 0.25) is 0 Å². The number of rotatable bonds is 4. The Morgan fingerprint density at radius 2 is 1.83 bits per heavy atom. The molecule has 3 nitrogen and oxygen atoms in total. The first kappa shape index (κ1) is 16.1. The van der Waals surface area contributed by atoms with Crippen LogP contribution in [0.5, 0.6) is 0 Å². The highest BCUT2D eigenvalue weighted by Crippen LogP contribution is 2.43. The summed E-state index contributed by atoms with van der Waals surface area (Å²) in [5, 5.41) is 0. The lowest BCUT2D eigenvalue weighted by Crippen LogP contribution is -2.48. The van der Waals surface area contributed by atoms with Crippen LogP contribution in [0.4, 0.5) is 8.78 Å². The zero-order chi connectivity index (χ0) is 16.4. The molecule has 3 rings (SSSR count). The Balaban J connectivity index is 1.81. The van der Waals surface area contributed by atoms with Crippen molar-refractivity contribution < 1.29 is 23.1 Å². The Morgan fingerprint density at radius 1 is 1.17 bits per heavy atom. The van der Waals surface area contributed by atoms with Crippen LogP contribution in [0.15, 0.2) is 12.1 Å². The Morgan fingerprint density at radius 3 is 2.43 bits per heavy atom. The number of carbonyl (C=O) groups excluding carboxylic acids is 2. The molecule has 1 atom stereocenters. The summed E-state index contributed by atoms with van der Waals surface area (Å²) < 4.78 is 32.2. The first-order chi connectivity index (χ1) is 11.0. The highest BCUT2D eigenvalue weighted by Gasteiger charge is 2.47. The van der Waals surface area contributed by atoms with Crippen molar-refractivity contribution in [3.8, 4) is 0 Å². The summed E-state index contributed by atoms with van der Waals surface area (Å²) in [6.45, 7) is 0. The third-order valence-electron chi connectivity index (χ3n) is 4.95. The van der Waals surface area contributed by atoms with Gasteiger partial charge in [0, 0.05) is 6.42 Å². The monoisotopic (exact) mass is 321 g/mol. The van der Waals surface area contributed by atoms with Crippen molar-refractivity contribution in [1.82, 2.24) is 0 Å². The average molecular weight is 321 g/mol. The Kier molecular flexibility index (Phi) is 4.46. The number of ketones is 1. The molecule has 1 aromatic rings. The Labute approximate surface area is 134 Å². The third-order valence-corrected chi connectivity index (χ3v) is 4.95. The first-order valence-electron chi connectivity index (χ1n) is 8.08. The second kappa shape index (κ2) is 6.38. The van der Waals surface area contributed by atoms with Crippen molar-refractivity contribution in [3.05, 3.63) is 35.4 Å². The van der Waals surface area contributed by atoms with Crippen LogP contribution in [-0.2, 0) is 20.7 Å². The van der Waals surface area contributed by atoms with Crippen molar-refractivity contribution in [1.29, 1.82) is 0 Å². The molecule has 0 N–H and O–H groups in total. The molecule has 1 saturated heterocycles. The number of halogens is 2. The largest absolute Gasteiger partial charge is 0.458 e. The molecule has 1 aliphatic carbocycles. The molecule has 1 unspecified atom stereocenters. The molecule has 1 aliphatic heterocycles. The minimum Gasteiger partial charge on any atom is -0.458 e. The lowest BCUT2D eigenvalue weighted by atomic mass is 9.76. The molecule has 2 fully saturated rings.